The van der Waals surface area contributed by atoms with Crippen molar-refractivity contribution in [3.63, 3.8) is 0 Å². The van der Waals surface area contributed by atoms with E-state index in [1.165, 1.54) is 10.6 Å². The number of hydrogen-bond donors (Lipinski definition) is 0. The molecular formula is C20H19NOSi. The van der Waals surface area contributed by atoms with Gasteiger partial charge in [0, 0.05) is 28.6 Å². The molecule has 0 fully saturated rings. The van der Waals surface area contributed by atoms with Gasteiger partial charge in [-0.25, -0.2) is 0 Å². The average Bonchev–Trinajstić information content (AvgIpc) is 2.91. The molecule has 0 unspecified atom stereocenters. The highest BCUT2D eigenvalue weighted by Gasteiger charge is 2.18. The van der Waals surface area contributed by atoms with Crippen LogP contribution in [0, 0.1) is 0 Å². The van der Waals surface area contributed by atoms with Gasteiger partial charge in [0.15, 0.2) is 0 Å². The maximum Gasteiger partial charge on any atom is 0.139 e. The summed E-state index contributed by atoms with van der Waals surface area (Å²) in [6.45, 7) is 7.09. The smallest absolute Gasteiger partial charge is 0.139 e. The first-order valence-corrected chi connectivity index (χ1v) is 11.4. The number of rotatable bonds is 2. The van der Waals surface area contributed by atoms with Gasteiger partial charge >= 0.3 is 0 Å². The van der Waals surface area contributed by atoms with Gasteiger partial charge in [-0.2, -0.15) is 0 Å². The molecule has 3 heteroatoms. The first kappa shape index (κ1) is 14.2. The van der Waals surface area contributed by atoms with Crippen LogP contribution in [0.1, 0.15) is 0 Å². The van der Waals surface area contributed by atoms with Crippen molar-refractivity contribution in [3.05, 3.63) is 60.8 Å². The lowest BCUT2D eigenvalue weighted by molar-refractivity contribution is 0.669. The average molecular weight is 317 g/mol. The number of furan rings is 1. The predicted octanol–water partition coefficient (Wildman–Crippen LogP) is 5.19. The Balaban J connectivity index is 1.92. The van der Waals surface area contributed by atoms with E-state index in [9.17, 15) is 0 Å². The second kappa shape index (κ2) is 5.07. The Morgan fingerprint density at radius 2 is 1.61 bits per heavy atom. The summed E-state index contributed by atoms with van der Waals surface area (Å²) in [6, 6.07) is 18.9. The Morgan fingerprint density at radius 1 is 0.826 bits per heavy atom. The molecule has 2 heterocycles. The van der Waals surface area contributed by atoms with Gasteiger partial charge < -0.3 is 4.42 Å². The van der Waals surface area contributed by atoms with E-state index in [0.717, 1.165) is 27.8 Å². The molecule has 4 rings (SSSR count). The van der Waals surface area contributed by atoms with Gasteiger partial charge in [-0.05, 0) is 6.07 Å². The zero-order valence-electron chi connectivity index (χ0n) is 13.6. The molecule has 4 aromatic rings. The highest BCUT2D eigenvalue weighted by atomic mass is 28.3. The molecule has 2 aromatic heterocycles. The summed E-state index contributed by atoms with van der Waals surface area (Å²) in [5, 5.41) is 3.71. The van der Waals surface area contributed by atoms with Crippen molar-refractivity contribution in [2.75, 3.05) is 0 Å². The van der Waals surface area contributed by atoms with E-state index >= 15 is 0 Å². The van der Waals surface area contributed by atoms with Gasteiger partial charge in [0.05, 0.1) is 13.8 Å². The number of pyridine rings is 1. The molecule has 0 amide bonds. The number of nitrogens with zero attached hydrogens (tertiary/aromatic N) is 1. The molecule has 2 aromatic carbocycles. The summed E-state index contributed by atoms with van der Waals surface area (Å²) in [6.07, 6.45) is 1.94. The van der Waals surface area contributed by atoms with Crippen LogP contribution >= 0.6 is 0 Å². The minimum Gasteiger partial charge on any atom is -0.456 e. The van der Waals surface area contributed by atoms with Gasteiger partial charge in [0.2, 0.25) is 0 Å². The molecule has 23 heavy (non-hydrogen) atoms. The molecule has 114 valence electrons. The number of fused-ring (bicyclic) bond motifs is 3. The molecule has 0 N–H and O–H groups in total. The number of benzene rings is 2. The zero-order valence-corrected chi connectivity index (χ0v) is 14.6. The Hall–Kier alpha value is -2.39. The molecule has 0 bridgehead atoms. The maximum atomic E-state index is 6.06. The minimum absolute atomic E-state index is 0.904. The summed E-state index contributed by atoms with van der Waals surface area (Å²) in [5.41, 5.74) is 3.90. The number of aromatic nitrogens is 1. The molecule has 0 saturated carbocycles. The van der Waals surface area contributed by atoms with E-state index in [4.69, 9.17) is 4.42 Å². The van der Waals surface area contributed by atoms with E-state index in [2.05, 4.69) is 55.0 Å². The normalized spacial score (nSPS) is 12.1. The third-order valence-electron chi connectivity index (χ3n) is 4.29. The second-order valence-electron chi connectivity index (χ2n) is 6.99. The molecule has 0 atom stereocenters. The van der Waals surface area contributed by atoms with Crippen LogP contribution in [0.25, 0.3) is 33.2 Å². The molecule has 0 aliphatic rings. The van der Waals surface area contributed by atoms with Gasteiger partial charge in [0.1, 0.15) is 11.2 Å². The van der Waals surface area contributed by atoms with Crippen molar-refractivity contribution in [2.24, 2.45) is 0 Å². The van der Waals surface area contributed by atoms with Crippen molar-refractivity contribution in [1.82, 2.24) is 4.98 Å². The van der Waals surface area contributed by atoms with Gasteiger partial charge in [-0.3, -0.25) is 4.98 Å². The largest absolute Gasteiger partial charge is 0.456 e. The van der Waals surface area contributed by atoms with Crippen molar-refractivity contribution in [2.45, 2.75) is 19.6 Å². The van der Waals surface area contributed by atoms with E-state index in [0.29, 0.717) is 0 Å². The molecule has 0 saturated heterocycles. The number of hydrogen-bond acceptors (Lipinski definition) is 2. The van der Waals surface area contributed by atoms with E-state index < -0.39 is 8.07 Å². The molecular weight excluding hydrogens is 298 g/mol. The van der Waals surface area contributed by atoms with Gasteiger partial charge in [-0.1, -0.05) is 67.3 Å². The summed E-state index contributed by atoms with van der Waals surface area (Å²) >= 11 is 0. The van der Waals surface area contributed by atoms with Crippen LogP contribution in [0.5, 0.6) is 0 Å². The molecule has 2 nitrogen and oxygen atoms in total. The van der Waals surface area contributed by atoms with Crippen LogP contribution in [0.2, 0.25) is 19.6 Å². The Morgan fingerprint density at radius 3 is 2.35 bits per heavy atom. The molecule has 0 aliphatic carbocycles. The van der Waals surface area contributed by atoms with Crippen LogP contribution < -0.4 is 5.19 Å². The van der Waals surface area contributed by atoms with E-state index in [-0.39, 0.29) is 0 Å². The minimum atomic E-state index is -1.34. The predicted molar refractivity (Wildman–Crippen MR) is 99.9 cm³/mol. The van der Waals surface area contributed by atoms with Crippen molar-refractivity contribution < 1.29 is 4.42 Å². The lowest BCUT2D eigenvalue weighted by atomic mass is 10.1. The summed E-state index contributed by atoms with van der Waals surface area (Å²) in [4.78, 5) is 4.64. The Bertz CT molecular complexity index is 997. The third-order valence-corrected chi connectivity index (χ3v) is 6.33. The highest BCUT2D eigenvalue weighted by molar-refractivity contribution is 6.88. The zero-order chi connectivity index (χ0) is 16.0. The first-order valence-electron chi connectivity index (χ1n) is 7.90. The van der Waals surface area contributed by atoms with Crippen molar-refractivity contribution >= 4 is 35.2 Å². The van der Waals surface area contributed by atoms with E-state index in [1.54, 1.807) is 0 Å². The Kier molecular flexibility index (Phi) is 3.13. The molecule has 0 spiro atoms. The van der Waals surface area contributed by atoms with Gasteiger partial charge in [0.25, 0.3) is 0 Å². The third kappa shape index (κ3) is 2.47. The van der Waals surface area contributed by atoms with Crippen LogP contribution in [-0.4, -0.2) is 13.1 Å². The lowest BCUT2D eigenvalue weighted by Crippen LogP contribution is -2.37. The highest BCUT2D eigenvalue weighted by Crippen LogP contribution is 2.30. The Labute approximate surface area is 136 Å². The quantitative estimate of drug-likeness (QED) is 0.475. The summed E-state index contributed by atoms with van der Waals surface area (Å²) in [7, 11) is -1.34. The maximum absolute atomic E-state index is 6.06. The van der Waals surface area contributed by atoms with Crippen molar-refractivity contribution in [3.8, 4) is 11.3 Å². The van der Waals surface area contributed by atoms with E-state index in [1.807, 2.05) is 30.5 Å². The first-order chi connectivity index (χ1) is 11.0. The molecule has 0 radical (unpaired) electrons. The van der Waals surface area contributed by atoms with Crippen LogP contribution in [0.4, 0.5) is 0 Å². The van der Waals surface area contributed by atoms with Gasteiger partial charge in [-0.15, -0.1) is 0 Å². The van der Waals surface area contributed by atoms with Crippen LogP contribution in [-0.2, 0) is 0 Å². The van der Waals surface area contributed by atoms with Crippen LogP contribution in [0.3, 0.4) is 0 Å². The fourth-order valence-corrected chi connectivity index (χ4v) is 4.07. The SMILES string of the molecule is C[Si](C)(C)c1ccc2oc3cc(-c4ccccc4)ncc3c2c1. The monoisotopic (exact) mass is 317 g/mol. The fourth-order valence-electron chi connectivity index (χ4n) is 2.90. The standard InChI is InChI=1S/C20H19NOSi/c1-23(2,3)15-9-10-19-16(11-15)17-13-21-18(12-20(17)22-19)14-7-5-4-6-8-14/h4-13H,1-3H3. The second-order valence-corrected chi connectivity index (χ2v) is 12.1. The lowest BCUT2D eigenvalue weighted by Gasteiger charge is -2.16. The van der Waals surface area contributed by atoms with Crippen LogP contribution in [0.15, 0.2) is 65.2 Å². The summed E-state index contributed by atoms with van der Waals surface area (Å²) < 4.78 is 6.06. The summed E-state index contributed by atoms with van der Waals surface area (Å²) in [5.74, 6) is 0. The van der Waals surface area contributed by atoms with Crippen molar-refractivity contribution in [1.29, 1.82) is 0 Å². The fraction of sp³-hybridized carbons (Fsp3) is 0.150. The molecule has 0 aliphatic heterocycles. The topological polar surface area (TPSA) is 26.0 Å².